The first-order chi connectivity index (χ1) is 31.0. The van der Waals surface area contributed by atoms with Gasteiger partial charge in [0.1, 0.15) is 6.10 Å². The number of carbonyl (C=O) groups excluding carboxylic acids is 2. The average Bonchev–Trinajstić information content (AvgIpc) is 3.28. The van der Waals surface area contributed by atoms with Crippen LogP contribution in [0.3, 0.4) is 0 Å². The van der Waals surface area contributed by atoms with Crippen molar-refractivity contribution in [3.8, 4) is 0 Å². The zero-order valence-corrected chi connectivity index (χ0v) is 41.7. The van der Waals surface area contributed by atoms with Gasteiger partial charge in [0.05, 0.1) is 25.2 Å². The van der Waals surface area contributed by atoms with E-state index in [9.17, 15) is 19.8 Å². The standard InChI is InChI=1S/C57H103NO5/c1-4-7-10-13-16-19-22-25-27-29-32-35-38-41-44-47-50-57(62)63-53(48-45-42-39-36-33-31-28-26-23-20-17-14-11-8-5-2)51-56(61)58-54(52-59)55(60)49-46-43-40-37-34-30-24-21-18-15-12-9-6-3/h7,10,16,19,25-28,32,35,53-55,59-60H,4-6,8-9,11-15,17-18,20-24,29-31,33-34,36-52H2,1-3H3,(H,58,61)/b10-7+,19-16+,27-25+,28-26+,35-32+. The summed E-state index contributed by atoms with van der Waals surface area (Å²) in [5, 5.41) is 23.8. The summed E-state index contributed by atoms with van der Waals surface area (Å²) in [7, 11) is 0. The van der Waals surface area contributed by atoms with Gasteiger partial charge >= 0.3 is 5.97 Å². The molecular formula is C57H103NO5. The molecule has 0 aromatic carbocycles. The fourth-order valence-electron chi connectivity index (χ4n) is 8.00. The third-order valence-electron chi connectivity index (χ3n) is 12.1. The molecule has 6 heteroatoms. The first-order valence-electron chi connectivity index (χ1n) is 27.0. The van der Waals surface area contributed by atoms with E-state index < -0.39 is 18.2 Å². The molecule has 0 saturated heterocycles. The Balaban J connectivity index is 4.64. The zero-order chi connectivity index (χ0) is 45.9. The van der Waals surface area contributed by atoms with Crippen LogP contribution in [0.2, 0.25) is 0 Å². The van der Waals surface area contributed by atoms with Crippen LogP contribution < -0.4 is 5.32 Å². The summed E-state index contributed by atoms with van der Waals surface area (Å²) in [6, 6.07) is -0.712. The summed E-state index contributed by atoms with van der Waals surface area (Å²) in [6.45, 7) is 6.37. The summed E-state index contributed by atoms with van der Waals surface area (Å²) in [4.78, 5) is 26.2. The molecule has 0 aliphatic heterocycles. The number of carbonyl (C=O) groups is 2. The van der Waals surface area contributed by atoms with Gasteiger partial charge in [0.15, 0.2) is 0 Å². The maximum absolute atomic E-state index is 13.2. The molecule has 0 aromatic heterocycles. The second kappa shape index (κ2) is 50.6. The molecule has 0 spiro atoms. The van der Waals surface area contributed by atoms with E-state index in [-0.39, 0.29) is 24.9 Å². The number of aliphatic hydroxyl groups is 2. The van der Waals surface area contributed by atoms with Crippen LogP contribution >= 0.6 is 0 Å². The number of hydrogen-bond acceptors (Lipinski definition) is 5. The van der Waals surface area contributed by atoms with E-state index in [1.165, 1.54) is 122 Å². The molecule has 0 rings (SSSR count). The SMILES string of the molecule is CC/C=C/C/C=C/C/C=C/C/C=C/CCCCCC(=O)OC(CCCCCCC/C=C/CCCCCCCC)CC(=O)NC(CO)C(O)CCCCCCCCCCCCCCC. The fraction of sp³-hybridized carbons (Fsp3) is 0.789. The Morgan fingerprint density at radius 1 is 0.476 bits per heavy atom. The molecule has 1 amide bonds. The van der Waals surface area contributed by atoms with Crippen molar-refractivity contribution in [3.05, 3.63) is 60.8 Å². The molecule has 0 aliphatic rings. The normalized spacial score (nSPS) is 13.7. The summed E-state index contributed by atoms with van der Waals surface area (Å²) in [5.74, 6) is -0.514. The van der Waals surface area contributed by atoms with Gasteiger partial charge in [0.25, 0.3) is 0 Å². The highest BCUT2D eigenvalue weighted by Crippen LogP contribution is 2.18. The Kier molecular flexibility index (Phi) is 48.6. The predicted octanol–water partition coefficient (Wildman–Crippen LogP) is 16.4. The van der Waals surface area contributed by atoms with Gasteiger partial charge in [-0.05, 0) is 89.9 Å². The third-order valence-corrected chi connectivity index (χ3v) is 12.1. The van der Waals surface area contributed by atoms with E-state index in [4.69, 9.17) is 4.74 Å². The maximum atomic E-state index is 13.2. The molecule has 0 heterocycles. The average molecular weight is 882 g/mol. The first kappa shape index (κ1) is 60.6. The maximum Gasteiger partial charge on any atom is 0.306 e. The van der Waals surface area contributed by atoms with Crippen LogP contribution in [0.15, 0.2) is 60.8 Å². The van der Waals surface area contributed by atoms with Gasteiger partial charge in [-0.2, -0.15) is 0 Å². The van der Waals surface area contributed by atoms with Gasteiger partial charge < -0.3 is 20.3 Å². The van der Waals surface area contributed by atoms with E-state index in [0.29, 0.717) is 19.3 Å². The number of amides is 1. The number of allylic oxidation sites excluding steroid dienone is 10. The van der Waals surface area contributed by atoms with E-state index in [1.807, 2.05) is 0 Å². The minimum atomic E-state index is -0.797. The van der Waals surface area contributed by atoms with Crippen molar-refractivity contribution < 1.29 is 24.5 Å². The number of rotatable bonds is 48. The van der Waals surface area contributed by atoms with Crippen molar-refractivity contribution in [2.75, 3.05) is 6.61 Å². The molecule has 0 bridgehead atoms. The summed E-state index contributed by atoms with van der Waals surface area (Å²) in [6.07, 6.45) is 62.8. The van der Waals surface area contributed by atoms with Gasteiger partial charge in [-0.3, -0.25) is 9.59 Å². The number of nitrogens with one attached hydrogen (secondary N) is 1. The lowest BCUT2D eigenvalue weighted by molar-refractivity contribution is -0.151. The summed E-state index contributed by atoms with van der Waals surface area (Å²) in [5.41, 5.74) is 0. The lowest BCUT2D eigenvalue weighted by atomic mass is 10.0. The monoisotopic (exact) mass is 882 g/mol. The van der Waals surface area contributed by atoms with Crippen molar-refractivity contribution in [1.82, 2.24) is 5.32 Å². The van der Waals surface area contributed by atoms with Crippen molar-refractivity contribution in [1.29, 1.82) is 0 Å². The third kappa shape index (κ3) is 45.9. The van der Waals surface area contributed by atoms with E-state index in [2.05, 4.69) is 86.8 Å². The van der Waals surface area contributed by atoms with Crippen LogP contribution in [0.1, 0.15) is 265 Å². The van der Waals surface area contributed by atoms with Gasteiger partial charge in [-0.15, -0.1) is 0 Å². The van der Waals surface area contributed by atoms with Gasteiger partial charge in [0.2, 0.25) is 5.91 Å². The van der Waals surface area contributed by atoms with Crippen LogP contribution in [0.5, 0.6) is 0 Å². The smallest absolute Gasteiger partial charge is 0.306 e. The largest absolute Gasteiger partial charge is 0.462 e. The van der Waals surface area contributed by atoms with Crippen LogP contribution in [0.4, 0.5) is 0 Å². The van der Waals surface area contributed by atoms with Crippen LogP contribution in [0.25, 0.3) is 0 Å². The first-order valence-corrected chi connectivity index (χ1v) is 27.0. The van der Waals surface area contributed by atoms with Gasteiger partial charge in [-0.1, -0.05) is 223 Å². The molecule has 366 valence electrons. The molecule has 0 aliphatic carbocycles. The Morgan fingerprint density at radius 3 is 1.32 bits per heavy atom. The van der Waals surface area contributed by atoms with Crippen molar-refractivity contribution >= 4 is 11.9 Å². The van der Waals surface area contributed by atoms with Crippen LogP contribution in [-0.4, -0.2) is 46.9 Å². The summed E-state index contributed by atoms with van der Waals surface area (Å²) < 4.78 is 5.93. The summed E-state index contributed by atoms with van der Waals surface area (Å²) >= 11 is 0. The molecule has 63 heavy (non-hydrogen) atoms. The number of ether oxygens (including phenoxy) is 1. The van der Waals surface area contributed by atoms with Gasteiger partial charge in [0, 0.05) is 6.42 Å². The number of esters is 1. The Morgan fingerprint density at radius 2 is 0.857 bits per heavy atom. The molecule has 6 nitrogen and oxygen atoms in total. The second-order valence-electron chi connectivity index (χ2n) is 18.2. The number of unbranched alkanes of at least 4 members (excludes halogenated alkanes) is 26. The molecule has 0 radical (unpaired) electrons. The van der Waals surface area contributed by atoms with E-state index in [1.54, 1.807) is 0 Å². The Bertz CT molecular complexity index is 1130. The number of hydrogen-bond donors (Lipinski definition) is 3. The minimum Gasteiger partial charge on any atom is -0.462 e. The van der Waals surface area contributed by atoms with Crippen molar-refractivity contribution in [3.63, 3.8) is 0 Å². The highest BCUT2D eigenvalue weighted by atomic mass is 16.5. The Hall–Kier alpha value is -2.44. The van der Waals surface area contributed by atoms with E-state index >= 15 is 0 Å². The molecular weight excluding hydrogens is 779 g/mol. The quantitative estimate of drug-likeness (QED) is 0.0321. The van der Waals surface area contributed by atoms with Crippen LogP contribution in [-0.2, 0) is 14.3 Å². The fourth-order valence-corrected chi connectivity index (χ4v) is 8.00. The minimum absolute atomic E-state index is 0.0585. The molecule has 3 N–H and O–H groups in total. The molecule has 3 atom stereocenters. The topological polar surface area (TPSA) is 95.9 Å². The zero-order valence-electron chi connectivity index (χ0n) is 41.7. The molecule has 0 aromatic rings. The van der Waals surface area contributed by atoms with Crippen molar-refractivity contribution in [2.45, 2.75) is 283 Å². The van der Waals surface area contributed by atoms with Crippen molar-refractivity contribution in [2.24, 2.45) is 0 Å². The lowest BCUT2D eigenvalue weighted by Crippen LogP contribution is -2.46. The highest BCUT2D eigenvalue weighted by molar-refractivity contribution is 5.77. The Labute approximate surface area is 390 Å². The van der Waals surface area contributed by atoms with E-state index in [0.717, 1.165) is 96.3 Å². The molecule has 0 fully saturated rings. The second-order valence-corrected chi connectivity index (χ2v) is 18.2. The lowest BCUT2D eigenvalue weighted by Gasteiger charge is -2.24. The molecule has 3 unspecified atom stereocenters. The number of aliphatic hydroxyl groups excluding tert-OH is 2. The van der Waals surface area contributed by atoms with Crippen LogP contribution in [0, 0.1) is 0 Å². The highest BCUT2D eigenvalue weighted by Gasteiger charge is 2.24. The molecule has 0 saturated carbocycles. The predicted molar refractivity (Wildman–Crippen MR) is 273 cm³/mol. The van der Waals surface area contributed by atoms with Gasteiger partial charge in [-0.25, -0.2) is 0 Å².